The third-order valence-corrected chi connectivity index (χ3v) is 7.62. The molecule has 1 fully saturated rings. The second-order valence-electron chi connectivity index (χ2n) is 8.97. The van der Waals surface area contributed by atoms with Gasteiger partial charge in [0, 0.05) is 37.3 Å². The molecule has 1 saturated carbocycles. The number of amides is 1. The SMILES string of the molecule is COC[C@]12CC1[C@@](C)(c1cc(NC(=O)c3cnc(OCc4nnc(C)o4)cn3)cc(F)c1F)N=C(N)S2. The maximum atomic E-state index is 15.1. The molecule has 3 atom stereocenters. The van der Waals surface area contributed by atoms with Crippen molar-refractivity contribution in [3.8, 4) is 5.88 Å². The molecule has 0 saturated heterocycles. The van der Waals surface area contributed by atoms with Gasteiger partial charge in [-0.2, -0.15) is 0 Å². The third kappa shape index (κ3) is 4.73. The number of nitrogens with two attached hydrogens (primary N) is 1. The molecule has 2 aliphatic rings. The predicted molar refractivity (Wildman–Crippen MR) is 129 cm³/mol. The Kier molecular flexibility index (Phi) is 6.31. The fourth-order valence-corrected chi connectivity index (χ4v) is 6.04. The number of aliphatic imine (C=N–C) groups is 1. The highest BCUT2D eigenvalue weighted by atomic mass is 32.2. The van der Waals surface area contributed by atoms with Gasteiger partial charge < -0.3 is 24.9 Å². The number of anilines is 1. The van der Waals surface area contributed by atoms with Crippen LogP contribution in [-0.4, -0.2) is 49.7 Å². The first-order valence-electron chi connectivity index (χ1n) is 11.2. The van der Waals surface area contributed by atoms with Crippen molar-refractivity contribution in [2.24, 2.45) is 16.6 Å². The Balaban J connectivity index is 1.33. The van der Waals surface area contributed by atoms with Crippen molar-refractivity contribution in [3.63, 3.8) is 0 Å². The number of aryl methyl sites for hydroxylation is 1. The van der Waals surface area contributed by atoms with Gasteiger partial charge in [-0.3, -0.25) is 9.79 Å². The van der Waals surface area contributed by atoms with Crippen LogP contribution in [0.15, 0.2) is 33.9 Å². The first-order valence-corrected chi connectivity index (χ1v) is 12.0. The van der Waals surface area contributed by atoms with Crippen LogP contribution in [0, 0.1) is 24.5 Å². The summed E-state index contributed by atoms with van der Waals surface area (Å²) in [5, 5.41) is 10.3. The highest BCUT2D eigenvalue weighted by Crippen LogP contribution is 2.66. The molecule has 1 aromatic carbocycles. The van der Waals surface area contributed by atoms with Crippen molar-refractivity contribution in [1.29, 1.82) is 0 Å². The molecule has 2 aromatic heterocycles. The molecule has 5 rings (SSSR count). The van der Waals surface area contributed by atoms with Crippen molar-refractivity contribution in [3.05, 3.63) is 59.2 Å². The van der Waals surface area contributed by atoms with E-state index in [1.54, 1.807) is 21.0 Å². The van der Waals surface area contributed by atoms with Crippen molar-refractivity contribution in [2.45, 2.75) is 37.2 Å². The van der Waals surface area contributed by atoms with Gasteiger partial charge >= 0.3 is 0 Å². The molecule has 3 heterocycles. The number of carbonyl (C=O) groups is 1. The Morgan fingerprint density at radius 2 is 2.11 bits per heavy atom. The molecular weight excluding hydrogens is 508 g/mol. The lowest BCUT2D eigenvalue weighted by atomic mass is 9.85. The number of thioether (sulfide) groups is 1. The van der Waals surface area contributed by atoms with Gasteiger partial charge in [0.1, 0.15) is 5.69 Å². The Hall–Kier alpha value is -3.65. The number of carbonyl (C=O) groups excluding carboxylic acids is 1. The molecule has 11 nitrogen and oxygen atoms in total. The largest absolute Gasteiger partial charge is 0.466 e. The zero-order chi connectivity index (χ0) is 26.4. The molecular formula is C23H23F2N7O4S. The number of amidine groups is 1. The lowest BCUT2D eigenvalue weighted by Gasteiger charge is -2.34. The summed E-state index contributed by atoms with van der Waals surface area (Å²) in [5.74, 6) is -2.16. The Morgan fingerprint density at radius 3 is 2.78 bits per heavy atom. The average molecular weight is 532 g/mol. The van der Waals surface area contributed by atoms with E-state index in [4.69, 9.17) is 19.6 Å². The number of hydrogen-bond donors (Lipinski definition) is 2. The number of nitrogens with zero attached hydrogens (tertiary/aromatic N) is 5. The van der Waals surface area contributed by atoms with Crippen LogP contribution in [0.5, 0.6) is 5.88 Å². The lowest BCUT2D eigenvalue weighted by Crippen LogP contribution is -2.38. The molecule has 14 heteroatoms. The zero-order valence-corrected chi connectivity index (χ0v) is 20.9. The van der Waals surface area contributed by atoms with Gasteiger partial charge in [-0.1, -0.05) is 11.8 Å². The quantitative estimate of drug-likeness (QED) is 0.444. The van der Waals surface area contributed by atoms with Crippen molar-refractivity contribution < 1.29 is 27.5 Å². The summed E-state index contributed by atoms with van der Waals surface area (Å²) in [7, 11) is 1.58. The highest BCUT2D eigenvalue weighted by Gasteiger charge is 2.66. The second-order valence-corrected chi connectivity index (χ2v) is 10.4. The Morgan fingerprint density at radius 1 is 1.30 bits per heavy atom. The molecule has 0 bridgehead atoms. The van der Waals surface area contributed by atoms with E-state index in [1.807, 2.05) is 0 Å². The summed E-state index contributed by atoms with van der Waals surface area (Å²) in [5.41, 5.74) is 4.92. The topological polar surface area (TPSA) is 151 Å². The van der Waals surface area contributed by atoms with Crippen molar-refractivity contribution in [2.75, 3.05) is 19.0 Å². The summed E-state index contributed by atoms with van der Waals surface area (Å²) >= 11 is 1.39. The zero-order valence-electron chi connectivity index (χ0n) is 20.1. The number of ether oxygens (including phenoxy) is 2. The number of nitrogens with one attached hydrogen (secondary N) is 1. The summed E-state index contributed by atoms with van der Waals surface area (Å²) in [6.45, 7) is 3.75. The number of methoxy groups -OCH3 is 1. The molecule has 1 amide bonds. The number of benzene rings is 1. The van der Waals surface area contributed by atoms with E-state index in [0.717, 1.165) is 6.07 Å². The smallest absolute Gasteiger partial charge is 0.275 e. The standard InChI is InChI=1S/C23H23F2N7O4S/c1-11-31-32-18(36-11)9-35-17-8-27-15(7-28-17)20(33)29-12-4-13(19(25)14(24)5-12)22(2)16-6-23(16,10-34-3)37-21(26)30-22/h4-5,7-8,16H,6,9-10H2,1-3H3,(H2,26,30)(H,29,33)/t16?,22-,23-/m1/s1. The van der Waals surface area contributed by atoms with Crippen LogP contribution in [0.4, 0.5) is 14.5 Å². The number of hydrogen-bond acceptors (Lipinski definition) is 11. The number of aromatic nitrogens is 4. The molecule has 3 aromatic rings. The number of halogens is 2. The summed E-state index contributed by atoms with van der Waals surface area (Å²) in [4.78, 5) is 25.3. The van der Waals surface area contributed by atoms with Gasteiger partial charge in [0.15, 0.2) is 23.4 Å². The summed E-state index contributed by atoms with van der Waals surface area (Å²) in [6, 6.07) is 2.27. The first kappa shape index (κ1) is 25.0. The van der Waals surface area contributed by atoms with E-state index < -0.39 is 23.1 Å². The minimum Gasteiger partial charge on any atom is -0.466 e. The minimum atomic E-state index is -1.13. The average Bonchev–Trinajstić information content (AvgIpc) is 3.42. The fourth-order valence-electron chi connectivity index (χ4n) is 4.59. The van der Waals surface area contributed by atoms with Gasteiger partial charge in [-0.25, -0.2) is 18.7 Å². The first-order chi connectivity index (χ1) is 17.6. The van der Waals surface area contributed by atoms with E-state index in [-0.39, 0.29) is 51.2 Å². The van der Waals surface area contributed by atoms with Gasteiger partial charge in [0.25, 0.3) is 11.8 Å². The van der Waals surface area contributed by atoms with Crippen LogP contribution in [0.25, 0.3) is 0 Å². The molecule has 1 aliphatic heterocycles. The normalized spacial score (nSPS) is 24.2. The van der Waals surface area contributed by atoms with Crippen LogP contribution in [0.2, 0.25) is 0 Å². The summed E-state index contributed by atoms with van der Waals surface area (Å²) in [6.07, 6.45) is 3.12. The molecule has 194 valence electrons. The Labute approximate surface area is 214 Å². The van der Waals surface area contributed by atoms with Crippen LogP contribution in [0.1, 0.15) is 41.2 Å². The molecule has 1 unspecified atom stereocenters. The van der Waals surface area contributed by atoms with Gasteiger partial charge in [-0.05, 0) is 19.4 Å². The van der Waals surface area contributed by atoms with Gasteiger partial charge in [-0.15, -0.1) is 10.2 Å². The molecule has 37 heavy (non-hydrogen) atoms. The van der Waals surface area contributed by atoms with Crippen molar-refractivity contribution in [1.82, 2.24) is 20.2 Å². The number of rotatable bonds is 8. The number of fused-ring (bicyclic) bond motifs is 1. The molecule has 0 spiro atoms. The monoisotopic (exact) mass is 531 g/mol. The minimum absolute atomic E-state index is 0.000113. The highest BCUT2D eigenvalue weighted by molar-refractivity contribution is 8.15. The predicted octanol–water partition coefficient (Wildman–Crippen LogP) is 2.96. The molecule has 1 aliphatic carbocycles. The fraction of sp³-hybridized carbons (Fsp3) is 0.391. The van der Waals surface area contributed by atoms with Gasteiger partial charge in [0.2, 0.25) is 11.8 Å². The summed E-state index contributed by atoms with van der Waals surface area (Å²) < 4.78 is 45.3. The lowest BCUT2D eigenvalue weighted by molar-refractivity contribution is 0.102. The Bertz CT molecular complexity index is 1390. The van der Waals surface area contributed by atoms with Crippen LogP contribution in [0.3, 0.4) is 0 Å². The second kappa shape index (κ2) is 9.34. The van der Waals surface area contributed by atoms with E-state index in [1.165, 1.54) is 30.2 Å². The molecule has 0 radical (unpaired) electrons. The van der Waals surface area contributed by atoms with E-state index in [0.29, 0.717) is 18.9 Å². The third-order valence-electron chi connectivity index (χ3n) is 6.35. The maximum Gasteiger partial charge on any atom is 0.275 e. The van der Waals surface area contributed by atoms with E-state index >= 15 is 4.39 Å². The van der Waals surface area contributed by atoms with Crippen LogP contribution in [-0.2, 0) is 16.9 Å². The van der Waals surface area contributed by atoms with E-state index in [9.17, 15) is 9.18 Å². The molecule has 3 N–H and O–H groups in total. The van der Waals surface area contributed by atoms with Crippen molar-refractivity contribution >= 4 is 28.5 Å². The van der Waals surface area contributed by atoms with Crippen LogP contribution >= 0.6 is 11.8 Å². The van der Waals surface area contributed by atoms with Crippen LogP contribution < -0.4 is 15.8 Å². The maximum absolute atomic E-state index is 15.1. The van der Waals surface area contributed by atoms with E-state index in [2.05, 4.69) is 30.5 Å². The van der Waals surface area contributed by atoms with Gasteiger partial charge in [0.05, 0.1) is 29.3 Å².